The van der Waals surface area contributed by atoms with Crippen molar-refractivity contribution in [3.05, 3.63) is 53.7 Å². The van der Waals surface area contributed by atoms with Crippen molar-refractivity contribution in [1.29, 1.82) is 0 Å². The van der Waals surface area contributed by atoms with Crippen LogP contribution in [0.5, 0.6) is 0 Å². The maximum absolute atomic E-state index is 5.54. The van der Waals surface area contributed by atoms with E-state index in [-0.39, 0.29) is 0 Å². The Morgan fingerprint density at radius 1 is 1.33 bits per heavy atom. The average Bonchev–Trinajstić information content (AvgIpc) is 2.39. The Bertz CT molecular complexity index is 480. The summed E-state index contributed by atoms with van der Waals surface area (Å²) >= 11 is 0. The molecule has 0 spiro atoms. The molecule has 0 saturated carbocycles. The number of hydrogen-bond acceptors (Lipinski definition) is 2. The third-order valence-electron chi connectivity index (χ3n) is 2.61. The van der Waals surface area contributed by atoms with E-state index in [9.17, 15) is 0 Å². The molecule has 1 rings (SSSR count). The third kappa shape index (κ3) is 3.26. The molecular weight excluding hydrogens is 222 g/mol. The fourth-order valence-corrected chi connectivity index (χ4v) is 1.73. The highest BCUT2D eigenvalue weighted by Crippen LogP contribution is 2.25. The van der Waals surface area contributed by atoms with Gasteiger partial charge in [0.05, 0.1) is 5.70 Å². The van der Waals surface area contributed by atoms with Gasteiger partial charge >= 0.3 is 0 Å². The van der Waals surface area contributed by atoms with Crippen molar-refractivity contribution in [3.63, 3.8) is 0 Å². The fraction of sp³-hybridized carbons (Fsp3) is 0.250. The highest BCUT2D eigenvalue weighted by molar-refractivity contribution is 5.71. The summed E-state index contributed by atoms with van der Waals surface area (Å²) in [7, 11) is 1.66. The summed E-state index contributed by atoms with van der Waals surface area (Å²) in [6.07, 6.45) is 5.54. The first-order valence-corrected chi connectivity index (χ1v) is 5.76. The molecule has 18 heavy (non-hydrogen) atoms. The summed E-state index contributed by atoms with van der Waals surface area (Å²) in [5, 5.41) is 0. The molecule has 0 saturated heterocycles. The van der Waals surface area contributed by atoms with Crippen LogP contribution in [0.25, 0.3) is 5.70 Å². The molecule has 2 nitrogen and oxygen atoms in total. The Morgan fingerprint density at radius 2 is 1.94 bits per heavy atom. The number of hydrogen-bond donors (Lipinski definition) is 0. The lowest BCUT2D eigenvalue weighted by atomic mass is 10.1. The number of methoxy groups -OCH3 is 1. The van der Waals surface area contributed by atoms with Gasteiger partial charge in [-0.1, -0.05) is 42.8 Å². The van der Waals surface area contributed by atoms with Crippen molar-refractivity contribution in [1.82, 2.24) is 4.90 Å². The number of rotatable bonds is 5. The Labute approximate surface area is 110 Å². The van der Waals surface area contributed by atoms with Gasteiger partial charge in [-0.25, -0.2) is 0 Å². The van der Waals surface area contributed by atoms with E-state index in [1.165, 1.54) is 0 Å². The van der Waals surface area contributed by atoms with Crippen LogP contribution >= 0.6 is 0 Å². The molecule has 0 radical (unpaired) electrons. The molecule has 0 aliphatic rings. The minimum Gasteiger partial charge on any atom is -0.364 e. The maximum Gasteiger partial charge on any atom is 0.122 e. The minimum absolute atomic E-state index is 0.429. The van der Waals surface area contributed by atoms with Crippen LogP contribution in [0.4, 0.5) is 0 Å². The molecule has 0 atom stereocenters. The monoisotopic (exact) mass is 241 g/mol. The summed E-state index contributed by atoms with van der Waals surface area (Å²) in [4.78, 5) is 1.98. The van der Waals surface area contributed by atoms with Gasteiger partial charge in [-0.05, 0) is 19.4 Å². The molecule has 94 valence electrons. The standard InChI is InChI=1S/C16H19NO/c1-6-14(4)16(15-10-8-7-9-11-15)17(12-18-5)13(2)3/h1,7-11H,2,12H2,3-5H3/b16-14+. The molecule has 0 aliphatic carbocycles. The topological polar surface area (TPSA) is 12.5 Å². The molecule has 0 amide bonds. The van der Waals surface area contributed by atoms with E-state index < -0.39 is 0 Å². The molecule has 0 N–H and O–H groups in total. The zero-order chi connectivity index (χ0) is 13.5. The van der Waals surface area contributed by atoms with Gasteiger partial charge in [0.1, 0.15) is 6.73 Å². The Hall–Kier alpha value is -1.98. The van der Waals surface area contributed by atoms with Crippen LogP contribution in [-0.4, -0.2) is 18.7 Å². The maximum atomic E-state index is 5.54. The van der Waals surface area contributed by atoms with Gasteiger partial charge in [0.15, 0.2) is 0 Å². The molecular formula is C16H19NO. The first kappa shape index (κ1) is 14.1. The van der Waals surface area contributed by atoms with Gasteiger partial charge in [-0.2, -0.15) is 0 Å². The molecule has 0 fully saturated rings. The Kier molecular flexibility index (Phi) is 5.23. The molecule has 0 bridgehead atoms. The summed E-state index contributed by atoms with van der Waals surface area (Å²) in [6, 6.07) is 10.0. The number of terminal acetylenes is 1. The Balaban J connectivity index is 3.32. The second-order valence-electron chi connectivity index (χ2n) is 4.07. The molecule has 0 aromatic heterocycles. The minimum atomic E-state index is 0.429. The number of ether oxygens (including phenoxy) is 1. The lowest BCUT2D eigenvalue weighted by molar-refractivity contribution is 0.122. The van der Waals surface area contributed by atoms with Crippen molar-refractivity contribution < 1.29 is 4.74 Å². The quantitative estimate of drug-likeness (QED) is 0.578. The van der Waals surface area contributed by atoms with E-state index in [4.69, 9.17) is 11.2 Å². The number of allylic oxidation sites excluding steroid dienone is 2. The normalized spacial score (nSPS) is 11.4. The van der Waals surface area contributed by atoms with Crippen molar-refractivity contribution in [2.45, 2.75) is 13.8 Å². The largest absolute Gasteiger partial charge is 0.364 e. The van der Waals surface area contributed by atoms with Crippen molar-refractivity contribution in [2.75, 3.05) is 13.8 Å². The molecule has 0 heterocycles. The summed E-state index contributed by atoms with van der Waals surface area (Å²) in [6.45, 7) is 8.27. The number of benzene rings is 1. The predicted octanol–water partition coefficient (Wildman–Crippen LogP) is 3.49. The van der Waals surface area contributed by atoms with Gasteiger partial charge in [0, 0.05) is 18.4 Å². The summed E-state index contributed by atoms with van der Waals surface area (Å²) in [5.41, 5.74) is 3.78. The van der Waals surface area contributed by atoms with Crippen LogP contribution in [-0.2, 0) is 4.74 Å². The summed E-state index contributed by atoms with van der Waals surface area (Å²) in [5.74, 6) is 2.70. The van der Waals surface area contributed by atoms with E-state index in [0.717, 1.165) is 22.5 Å². The highest BCUT2D eigenvalue weighted by Gasteiger charge is 2.14. The molecule has 1 aromatic rings. The lowest BCUT2D eigenvalue weighted by Crippen LogP contribution is -2.23. The first-order valence-electron chi connectivity index (χ1n) is 5.76. The van der Waals surface area contributed by atoms with E-state index in [2.05, 4.69) is 12.5 Å². The van der Waals surface area contributed by atoms with Crippen LogP contribution in [0.3, 0.4) is 0 Å². The van der Waals surface area contributed by atoms with Crippen LogP contribution < -0.4 is 0 Å². The molecule has 0 unspecified atom stereocenters. The Morgan fingerprint density at radius 3 is 2.39 bits per heavy atom. The zero-order valence-electron chi connectivity index (χ0n) is 11.2. The first-order chi connectivity index (χ1) is 8.61. The van der Waals surface area contributed by atoms with E-state index in [0.29, 0.717) is 6.73 Å². The van der Waals surface area contributed by atoms with E-state index in [1.807, 2.05) is 49.1 Å². The van der Waals surface area contributed by atoms with Gasteiger partial charge in [0.2, 0.25) is 0 Å². The zero-order valence-corrected chi connectivity index (χ0v) is 11.2. The molecule has 1 aromatic carbocycles. The van der Waals surface area contributed by atoms with E-state index in [1.54, 1.807) is 7.11 Å². The number of nitrogens with zero attached hydrogens (tertiary/aromatic N) is 1. The van der Waals surface area contributed by atoms with Crippen molar-refractivity contribution in [2.24, 2.45) is 0 Å². The second kappa shape index (κ2) is 6.68. The van der Waals surface area contributed by atoms with Crippen LogP contribution in [0.15, 0.2) is 48.2 Å². The molecule has 2 heteroatoms. The lowest BCUT2D eigenvalue weighted by Gasteiger charge is -2.28. The van der Waals surface area contributed by atoms with Gasteiger partial charge in [-0.3, -0.25) is 0 Å². The fourth-order valence-electron chi connectivity index (χ4n) is 1.73. The van der Waals surface area contributed by atoms with Gasteiger partial charge < -0.3 is 9.64 Å². The SMILES string of the molecule is C#C/C(C)=C(\c1ccccc1)N(COC)C(=C)C. The summed E-state index contributed by atoms with van der Waals surface area (Å²) < 4.78 is 5.22. The van der Waals surface area contributed by atoms with Crippen LogP contribution in [0.2, 0.25) is 0 Å². The van der Waals surface area contributed by atoms with Gasteiger partial charge in [0.25, 0.3) is 0 Å². The van der Waals surface area contributed by atoms with Gasteiger partial charge in [-0.15, -0.1) is 6.42 Å². The smallest absolute Gasteiger partial charge is 0.122 e. The predicted molar refractivity (Wildman–Crippen MR) is 76.4 cm³/mol. The van der Waals surface area contributed by atoms with E-state index >= 15 is 0 Å². The third-order valence-corrected chi connectivity index (χ3v) is 2.61. The second-order valence-corrected chi connectivity index (χ2v) is 4.07. The highest BCUT2D eigenvalue weighted by atomic mass is 16.5. The molecule has 0 aliphatic heterocycles. The van der Waals surface area contributed by atoms with Crippen molar-refractivity contribution in [3.8, 4) is 12.3 Å². The average molecular weight is 241 g/mol. The van der Waals surface area contributed by atoms with Crippen molar-refractivity contribution >= 4 is 5.70 Å². The van der Waals surface area contributed by atoms with Crippen LogP contribution in [0, 0.1) is 12.3 Å². The van der Waals surface area contributed by atoms with Crippen LogP contribution in [0.1, 0.15) is 19.4 Å².